The summed E-state index contributed by atoms with van der Waals surface area (Å²) < 4.78 is 12.7. The van der Waals surface area contributed by atoms with Gasteiger partial charge in [0.25, 0.3) is 5.91 Å². The minimum absolute atomic E-state index is 0.0264. The van der Waals surface area contributed by atoms with Crippen LogP contribution in [0.1, 0.15) is 53.4 Å². The molecular formula is C20H30N6O3. The van der Waals surface area contributed by atoms with Crippen molar-refractivity contribution in [1.29, 1.82) is 0 Å². The lowest BCUT2D eigenvalue weighted by Crippen LogP contribution is -2.58. The molecule has 0 aromatic carbocycles. The maximum absolute atomic E-state index is 13.3. The first-order valence-corrected chi connectivity index (χ1v) is 10.4. The third kappa shape index (κ3) is 3.69. The Hall–Kier alpha value is -2.26. The third-order valence-electron chi connectivity index (χ3n) is 6.20. The van der Waals surface area contributed by atoms with E-state index in [2.05, 4.69) is 20.4 Å². The van der Waals surface area contributed by atoms with Crippen molar-refractivity contribution in [3.05, 3.63) is 29.0 Å². The minimum atomic E-state index is -0.367. The number of nitrogens with zero attached hydrogens (tertiary/aromatic N) is 6. The second kappa shape index (κ2) is 8.23. The van der Waals surface area contributed by atoms with E-state index >= 15 is 0 Å². The molecule has 0 saturated carbocycles. The number of aryl methyl sites for hydroxylation is 2. The summed E-state index contributed by atoms with van der Waals surface area (Å²) in [6.45, 7) is 8.20. The third-order valence-corrected chi connectivity index (χ3v) is 6.20. The first kappa shape index (κ1) is 20.0. The number of aromatic nitrogens is 4. The molecule has 1 amide bonds. The molecule has 1 atom stereocenters. The highest BCUT2D eigenvalue weighted by atomic mass is 16.5. The molecule has 0 aliphatic carbocycles. The highest BCUT2D eigenvalue weighted by Crippen LogP contribution is 2.39. The maximum atomic E-state index is 13.3. The Morgan fingerprint density at radius 1 is 1.24 bits per heavy atom. The number of hydrogen-bond acceptors (Lipinski definition) is 7. The van der Waals surface area contributed by atoms with Crippen LogP contribution in [0.15, 0.2) is 10.5 Å². The summed E-state index contributed by atoms with van der Waals surface area (Å²) in [4.78, 5) is 17.8. The van der Waals surface area contributed by atoms with Crippen LogP contribution in [-0.2, 0) is 16.8 Å². The number of carbonyl (C=O) groups is 1. The van der Waals surface area contributed by atoms with Gasteiger partial charge in [0.05, 0.1) is 18.7 Å². The fourth-order valence-corrected chi connectivity index (χ4v) is 4.82. The summed E-state index contributed by atoms with van der Waals surface area (Å²) in [5.41, 5.74) is 0.285. The van der Waals surface area contributed by atoms with Crippen LogP contribution in [0.5, 0.6) is 0 Å². The van der Waals surface area contributed by atoms with Gasteiger partial charge in [0.1, 0.15) is 17.1 Å². The summed E-state index contributed by atoms with van der Waals surface area (Å²) in [7, 11) is 1.68. The van der Waals surface area contributed by atoms with Crippen LogP contribution in [-0.4, -0.2) is 75.8 Å². The highest BCUT2D eigenvalue weighted by Gasteiger charge is 2.48. The molecule has 0 radical (unpaired) electrons. The zero-order valence-electron chi connectivity index (χ0n) is 17.6. The molecular weight excluding hydrogens is 372 g/mol. The van der Waals surface area contributed by atoms with Crippen LogP contribution in [0.25, 0.3) is 0 Å². The lowest BCUT2D eigenvalue weighted by molar-refractivity contribution is 0.0121. The highest BCUT2D eigenvalue weighted by molar-refractivity contribution is 5.95. The molecule has 9 nitrogen and oxygen atoms in total. The van der Waals surface area contributed by atoms with E-state index in [1.54, 1.807) is 7.11 Å². The number of rotatable bonds is 6. The van der Waals surface area contributed by atoms with Gasteiger partial charge in [-0.25, -0.2) is 4.68 Å². The maximum Gasteiger partial charge on any atom is 0.257 e. The van der Waals surface area contributed by atoms with Crippen molar-refractivity contribution in [2.45, 2.75) is 51.6 Å². The first-order valence-electron chi connectivity index (χ1n) is 10.4. The molecule has 4 heterocycles. The van der Waals surface area contributed by atoms with E-state index in [1.807, 2.05) is 29.5 Å². The van der Waals surface area contributed by atoms with Crippen molar-refractivity contribution in [3.8, 4) is 0 Å². The van der Waals surface area contributed by atoms with E-state index in [-0.39, 0.29) is 11.4 Å². The van der Waals surface area contributed by atoms with Gasteiger partial charge < -0.3 is 14.1 Å². The minimum Gasteiger partial charge on any atom is -0.466 e. The number of hydrogen-bond donors (Lipinski definition) is 0. The molecule has 158 valence electrons. The van der Waals surface area contributed by atoms with Crippen molar-refractivity contribution < 1.29 is 13.9 Å². The number of ether oxygens (including phenoxy) is 1. The Kier molecular flexibility index (Phi) is 5.69. The summed E-state index contributed by atoms with van der Waals surface area (Å²) in [6, 6.07) is 1.84. The molecule has 2 aliphatic heterocycles. The van der Waals surface area contributed by atoms with E-state index in [0.29, 0.717) is 31.0 Å². The fraction of sp³-hybridized carbons (Fsp3) is 0.700. The van der Waals surface area contributed by atoms with Gasteiger partial charge >= 0.3 is 0 Å². The average Bonchev–Trinajstić information content (AvgIpc) is 3.47. The van der Waals surface area contributed by atoms with Crippen molar-refractivity contribution in [3.63, 3.8) is 0 Å². The number of carbonyl (C=O) groups excluding carboxylic acids is 1. The van der Waals surface area contributed by atoms with E-state index in [1.165, 1.54) is 0 Å². The van der Waals surface area contributed by atoms with Gasteiger partial charge in [0, 0.05) is 20.2 Å². The van der Waals surface area contributed by atoms with Gasteiger partial charge in [-0.2, -0.15) is 0 Å². The molecule has 29 heavy (non-hydrogen) atoms. The number of piperidine rings is 1. The molecule has 9 heteroatoms. The fourth-order valence-electron chi connectivity index (χ4n) is 4.82. The van der Waals surface area contributed by atoms with Crippen LogP contribution in [0.3, 0.4) is 0 Å². The molecule has 2 aliphatic rings. The molecule has 2 aromatic rings. The molecule has 0 N–H and O–H groups in total. The van der Waals surface area contributed by atoms with E-state index in [9.17, 15) is 4.79 Å². The Balaban J connectivity index is 1.67. The van der Waals surface area contributed by atoms with Gasteiger partial charge in [-0.3, -0.25) is 9.69 Å². The van der Waals surface area contributed by atoms with Crippen molar-refractivity contribution in [2.75, 3.05) is 39.9 Å². The molecule has 2 saturated heterocycles. The molecule has 2 fully saturated rings. The summed E-state index contributed by atoms with van der Waals surface area (Å²) >= 11 is 0. The zero-order valence-corrected chi connectivity index (χ0v) is 17.6. The Morgan fingerprint density at radius 3 is 2.72 bits per heavy atom. The Bertz CT molecular complexity index is 856. The second-order valence-corrected chi connectivity index (χ2v) is 8.10. The second-order valence-electron chi connectivity index (χ2n) is 8.10. The monoisotopic (exact) mass is 402 g/mol. The van der Waals surface area contributed by atoms with Crippen molar-refractivity contribution in [2.24, 2.45) is 0 Å². The van der Waals surface area contributed by atoms with Crippen molar-refractivity contribution in [1.82, 2.24) is 30.0 Å². The standard InChI is InChI=1S/C20H30N6O3/c1-15-13-17(16(2)29-15)18(27)24-8-6-7-20(14-24,25-9-4-5-10-25)19-21-22-23-26(19)11-12-28-3/h13H,4-12,14H2,1-3H3. The number of amides is 1. The summed E-state index contributed by atoms with van der Waals surface area (Å²) in [5, 5.41) is 12.6. The largest absolute Gasteiger partial charge is 0.466 e. The van der Waals surface area contributed by atoms with Crippen molar-refractivity contribution >= 4 is 5.91 Å². The Labute approximate surface area is 171 Å². The number of methoxy groups -OCH3 is 1. The van der Waals surface area contributed by atoms with Crippen LogP contribution in [0.2, 0.25) is 0 Å². The molecule has 0 spiro atoms. The average molecular weight is 402 g/mol. The van der Waals surface area contributed by atoms with E-state index in [0.717, 1.165) is 56.9 Å². The van der Waals surface area contributed by atoms with Crippen LogP contribution in [0, 0.1) is 13.8 Å². The van der Waals surface area contributed by atoms with Crippen LogP contribution >= 0.6 is 0 Å². The first-order chi connectivity index (χ1) is 14.0. The number of likely N-dealkylation sites (tertiary alicyclic amines) is 2. The van der Waals surface area contributed by atoms with Gasteiger partial charge in [0.2, 0.25) is 0 Å². The lowest BCUT2D eigenvalue weighted by atomic mass is 9.85. The molecule has 4 rings (SSSR count). The Morgan fingerprint density at radius 2 is 2.03 bits per heavy atom. The number of tetrazole rings is 1. The summed E-state index contributed by atoms with van der Waals surface area (Å²) in [6.07, 6.45) is 4.17. The van der Waals surface area contributed by atoms with Gasteiger partial charge in [-0.15, -0.1) is 5.10 Å². The molecule has 0 bridgehead atoms. The quantitative estimate of drug-likeness (QED) is 0.727. The molecule has 1 unspecified atom stereocenters. The van der Waals surface area contributed by atoms with Gasteiger partial charge in [-0.05, 0) is 69.1 Å². The van der Waals surface area contributed by atoms with E-state index < -0.39 is 0 Å². The zero-order chi connectivity index (χ0) is 20.4. The predicted molar refractivity (Wildman–Crippen MR) is 105 cm³/mol. The smallest absolute Gasteiger partial charge is 0.257 e. The molecule has 2 aromatic heterocycles. The predicted octanol–water partition coefficient (Wildman–Crippen LogP) is 1.76. The topological polar surface area (TPSA) is 89.5 Å². The van der Waals surface area contributed by atoms with Gasteiger partial charge in [-0.1, -0.05) is 0 Å². The SMILES string of the molecule is COCCn1nnnc1C1(N2CCCC2)CCCN(C(=O)c2cc(C)oc2C)C1. The normalized spacial score (nSPS) is 23.1. The number of furan rings is 1. The lowest BCUT2D eigenvalue weighted by Gasteiger charge is -2.47. The van der Waals surface area contributed by atoms with Gasteiger partial charge in [0.15, 0.2) is 5.82 Å². The van der Waals surface area contributed by atoms with E-state index in [4.69, 9.17) is 9.15 Å². The van der Waals surface area contributed by atoms with Crippen LogP contribution in [0.4, 0.5) is 0 Å². The summed E-state index contributed by atoms with van der Waals surface area (Å²) in [5.74, 6) is 2.31. The van der Waals surface area contributed by atoms with Crippen LogP contribution < -0.4 is 0 Å².